The summed E-state index contributed by atoms with van der Waals surface area (Å²) in [5.74, 6) is -0.970. The summed E-state index contributed by atoms with van der Waals surface area (Å²) in [6.45, 7) is 1.79. The van der Waals surface area contributed by atoms with E-state index in [4.69, 9.17) is 21.4 Å². The van der Waals surface area contributed by atoms with Gasteiger partial charge in [0.15, 0.2) is 0 Å². The van der Waals surface area contributed by atoms with Crippen LogP contribution in [0.1, 0.15) is 27.6 Å². The topological polar surface area (TPSA) is 78.9 Å². The van der Waals surface area contributed by atoms with Gasteiger partial charge < -0.3 is 20.1 Å². The number of benzene rings is 2. The Balaban J connectivity index is 1.55. The largest absolute Gasteiger partial charge is 0.478 e. The molecule has 0 spiro atoms. The van der Waals surface area contributed by atoms with Crippen LogP contribution in [0.5, 0.6) is 0 Å². The van der Waals surface area contributed by atoms with E-state index in [0.29, 0.717) is 31.3 Å². The lowest BCUT2D eigenvalue weighted by molar-refractivity contribution is -0.0154. The summed E-state index contributed by atoms with van der Waals surface area (Å²) in [4.78, 5) is 25.0. The number of ether oxygens (including phenoxy) is 1. The predicted molar refractivity (Wildman–Crippen MR) is 97.4 cm³/mol. The minimum atomic E-state index is -0.970. The maximum atomic E-state index is 12.4. The first-order valence-corrected chi connectivity index (χ1v) is 8.63. The Hall–Kier alpha value is -2.57. The molecule has 136 valence electrons. The van der Waals surface area contributed by atoms with Crippen molar-refractivity contribution in [3.8, 4) is 0 Å². The summed E-state index contributed by atoms with van der Waals surface area (Å²) >= 11 is 5.91. The van der Waals surface area contributed by atoms with Crippen molar-refractivity contribution in [1.29, 1.82) is 0 Å². The van der Waals surface area contributed by atoms with E-state index in [2.05, 4.69) is 5.32 Å². The van der Waals surface area contributed by atoms with Crippen molar-refractivity contribution >= 4 is 23.6 Å². The van der Waals surface area contributed by atoms with Crippen molar-refractivity contribution in [1.82, 2.24) is 10.2 Å². The first-order valence-electron chi connectivity index (χ1n) is 8.25. The van der Waals surface area contributed by atoms with Crippen LogP contribution in [0.3, 0.4) is 0 Å². The van der Waals surface area contributed by atoms with Crippen LogP contribution >= 0.6 is 11.6 Å². The van der Waals surface area contributed by atoms with E-state index in [1.807, 2.05) is 12.1 Å². The molecule has 0 unspecified atom stereocenters. The number of amides is 2. The van der Waals surface area contributed by atoms with Gasteiger partial charge in [-0.1, -0.05) is 35.9 Å². The highest BCUT2D eigenvalue weighted by molar-refractivity contribution is 6.30. The van der Waals surface area contributed by atoms with Gasteiger partial charge >= 0.3 is 12.0 Å². The number of hydrogen-bond donors (Lipinski definition) is 2. The molecule has 1 fully saturated rings. The molecule has 1 aliphatic rings. The van der Waals surface area contributed by atoms with Crippen LogP contribution in [0.25, 0.3) is 0 Å². The average molecular weight is 375 g/mol. The Morgan fingerprint density at radius 2 is 1.85 bits per heavy atom. The fourth-order valence-electron chi connectivity index (χ4n) is 2.77. The van der Waals surface area contributed by atoms with Gasteiger partial charge in [-0.2, -0.15) is 0 Å². The first kappa shape index (κ1) is 18.2. The number of carbonyl (C=O) groups is 2. The van der Waals surface area contributed by atoms with Gasteiger partial charge in [-0.15, -0.1) is 0 Å². The zero-order chi connectivity index (χ0) is 18.5. The third-order valence-electron chi connectivity index (χ3n) is 4.24. The second-order valence-electron chi connectivity index (χ2n) is 6.02. The van der Waals surface area contributed by atoms with Gasteiger partial charge in [0, 0.05) is 18.1 Å². The quantitative estimate of drug-likeness (QED) is 0.860. The highest BCUT2D eigenvalue weighted by Gasteiger charge is 2.25. The predicted octanol–water partition coefficient (Wildman–Crippen LogP) is 3.32. The number of halogens is 1. The zero-order valence-electron chi connectivity index (χ0n) is 14.0. The fourth-order valence-corrected chi connectivity index (χ4v) is 2.89. The van der Waals surface area contributed by atoms with Gasteiger partial charge in [0.2, 0.25) is 0 Å². The molecule has 1 aliphatic heterocycles. The van der Waals surface area contributed by atoms with Crippen molar-refractivity contribution < 1.29 is 19.4 Å². The van der Waals surface area contributed by atoms with Gasteiger partial charge in [0.05, 0.1) is 18.7 Å². The lowest BCUT2D eigenvalue weighted by atomic mass is 10.1. The summed E-state index contributed by atoms with van der Waals surface area (Å²) in [5, 5.41) is 12.4. The number of hydrogen-bond acceptors (Lipinski definition) is 3. The third-order valence-corrected chi connectivity index (χ3v) is 4.49. The Bertz CT molecular complexity index is 777. The van der Waals surface area contributed by atoms with Crippen LogP contribution < -0.4 is 5.32 Å². The van der Waals surface area contributed by atoms with Crippen LogP contribution in [-0.4, -0.2) is 41.7 Å². The van der Waals surface area contributed by atoms with Crippen LogP contribution in [0, 0.1) is 0 Å². The molecule has 1 atom stereocenters. The molecular weight excluding hydrogens is 356 g/mol. The number of rotatable bonds is 4. The lowest BCUT2D eigenvalue weighted by Gasteiger charge is -2.33. The van der Waals surface area contributed by atoms with Gasteiger partial charge in [0.25, 0.3) is 0 Å². The van der Waals surface area contributed by atoms with Crippen molar-refractivity contribution in [3.63, 3.8) is 0 Å². The Morgan fingerprint density at radius 3 is 2.50 bits per heavy atom. The Morgan fingerprint density at radius 1 is 1.15 bits per heavy atom. The number of urea groups is 1. The molecule has 2 aromatic rings. The van der Waals surface area contributed by atoms with Gasteiger partial charge in [0.1, 0.15) is 6.10 Å². The molecule has 3 rings (SSSR count). The van der Waals surface area contributed by atoms with Crippen molar-refractivity contribution in [2.45, 2.75) is 12.6 Å². The number of carbonyl (C=O) groups excluding carboxylic acids is 1. The standard InChI is InChI=1S/C19H19ClN2O4/c20-16-7-5-14(6-8-16)17-12-22(9-10-26-17)19(25)21-11-13-1-3-15(4-2-13)18(23)24/h1-8,17H,9-12H2,(H,21,25)(H,23,24)/t17-/m1/s1. The van der Waals surface area contributed by atoms with E-state index in [-0.39, 0.29) is 17.7 Å². The number of morpholine rings is 1. The number of carboxylic acids is 1. The molecular formula is C19H19ClN2O4. The maximum Gasteiger partial charge on any atom is 0.335 e. The number of aromatic carboxylic acids is 1. The highest BCUT2D eigenvalue weighted by Crippen LogP contribution is 2.23. The minimum Gasteiger partial charge on any atom is -0.478 e. The van der Waals surface area contributed by atoms with Gasteiger partial charge in [-0.05, 0) is 35.4 Å². The molecule has 6 nitrogen and oxygen atoms in total. The highest BCUT2D eigenvalue weighted by atomic mass is 35.5. The molecule has 1 saturated heterocycles. The molecule has 26 heavy (non-hydrogen) atoms. The van der Waals surface area contributed by atoms with Gasteiger partial charge in [-0.25, -0.2) is 9.59 Å². The summed E-state index contributed by atoms with van der Waals surface area (Å²) in [6.07, 6.45) is -0.179. The normalized spacial score (nSPS) is 17.0. The van der Waals surface area contributed by atoms with Gasteiger partial charge in [-0.3, -0.25) is 0 Å². The molecule has 2 N–H and O–H groups in total. The minimum absolute atomic E-state index is 0.172. The van der Waals surface area contributed by atoms with Crippen LogP contribution in [0.15, 0.2) is 48.5 Å². The van der Waals surface area contributed by atoms with Crippen LogP contribution in [0.2, 0.25) is 5.02 Å². The molecule has 0 bridgehead atoms. The molecule has 0 aliphatic carbocycles. The SMILES string of the molecule is O=C(O)c1ccc(CNC(=O)N2CCO[C@@H](c3ccc(Cl)cc3)C2)cc1. The van der Waals surface area contributed by atoms with E-state index in [0.717, 1.165) is 11.1 Å². The first-order chi connectivity index (χ1) is 12.5. The molecule has 2 aromatic carbocycles. The monoisotopic (exact) mass is 374 g/mol. The number of nitrogens with one attached hydrogen (secondary N) is 1. The summed E-state index contributed by atoms with van der Waals surface area (Å²) in [7, 11) is 0. The van der Waals surface area contributed by atoms with Crippen molar-refractivity contribution in [2.24, 2.45) is 0 Å². The second kappa shape index (κ2) is 8.21. The van der Waals surface area contributed by atoms with E-state index < -0.39 is 5.97 Å². The van der Waals surface area contributed by atoms with E-state index in [1.165, 1.54) is 12.1 Å². The lowest BCUT2D eigenvalue weighted by Crippen LogP contribution is -2.46. The average Bonchev–Trinajstić information content (AvgIpc) is 2.67. The molecule has 1 heterocycles. The number of nitrogens with zero attached hydrogens (tertiary/aromatic N) is 1. The molecule has 7 heteroatoms. The molecule has 0 aromatic heterocycles. The fraction of sp³-hybridized carbons (Fsp3) is 0.263. The van der Waals surface area contributed by atoms with Crippen molar-refractivity contribution in [3.05, 3.63) is 70.2 Å². The smallest absolute Gasteiger partial charge is 0.335 e. The number of carboxylic acid groups (broad SMARTS) is 1. The molecule has 0 saturated carbocycles. The molecule has 0 radical (unpaired) electrons. The van der Waals surface area contributed by atoms with E-state index in [1.54, 1.807) is 29.2 Å². The Labute approximate surface area is 156 Å². The van der Waals surface area contributed by atoms with Crippen LogP contribution in [-0.2, 0) is 11.3 Å². The van der Waals surface area contributed by atoms with Crippen molar-refractivity contribution in [2.75, 3.05) is 19.7 Å². The molecule has 2 amide bonds. The van der Waals surface area contributed by atoms with Crippen LogP contribution in [0.4, 0.5) is 4.79 Å². The summed E-state index contributed by atoms with van der Waals surface area (Å²) < 4.78 is 5.76. The van der Waals surface area contributed by atoms with E-state index in [9.17, 15) is 9.59 Å². The summed E-state index contributed by atoms with van der Waals surface area (Å²) in [5.41, 5.74) is 2.04. The Kier molecular flexibility index (Phi) is 5.75. The second-order valence-corrected chi connectivity index (χ2v) is 6.45. The maximum absolute atomic E-state index is 12.4. The zero-order valence-corrected chi connectivity index (χ0v) is 14.8. The van der Waals surface area contributed by atoms with E-state index >= 15 is 0 Å². The summed E-state index contributed by atoms with van der Waals surface area (Å²) in [6, 6.07) is 13.7. The third kappa shape index (κ3) is 4.53.